The molecule has 24 heavy (non-hydrogen) atoms. The summed E-state index contributed by atoms with van der Waals surface area (Å²) in [6, 6.07) is 0.424. The summed E-state index contributed by atoms with van der Waals surface area (Å²) < 4.78 is 0. The quantitative estimate of drug-likeness (QED) is 0.684. The van der Waals surface area contributed by atoms with E-state index in [1.54, 1.807) is 11.1 Å². The van der Waals surface area contributed by atoms with Gasteiger partial charge in [0, 0.05) is 49.4 Å². The van der Waals surface area contributed by atoms with Gasteiger partial charge in [0.15, 0.2) is 0 Å². The third kappa shape index (κ3) is 3.10. The van der Waals surface area contributed by atoms with Gasteiger partial charge in [-0.2, -0.15) is 5.10 Å². The Morgan fingerprint density at radius 3 is 2.96 bits per heavy atom. The summed E-state index contributed by atoms with van der Waals surface area (Å²) in [5.74, 6) is 0.323. The first-order valence-corrected chi connectivity index (χ1v) is 8.77. The Hall–Kier alpha value is -2.09. The third-order valence-electron chi connectivity index (χ3n) is 5.15. The molecule has 3 aliphatic rings. The van der Waals surface area contributed by atoms with Gasteiger partial charge in [-0.15, -0.1) is 0 Å². The summed E-state index contributed by atoms with van der Waals surface area (Å²) in [6.07, 6.45) is 5.07. The monoisotopic (exact) mass is 332 g/mol. The van der Waals surface area contributed by atoms with Crippen LogP contribution in [0.25, 0.3) is 0 Å². The second kappa shape index (κ2) is 6.43. The molecule has 2 saturated heterocycles. The molecule has 8 nitrogen and oxygen atoms in total. The molecule has 0 radical (unpaired) electrons. The second-order valence-corrected chi connectivity index (χ2v) is 6.90. The van der Waals surface area contributed by atoms with Crippen molar-refractivity contribution in [2.45, 2.75) is 37.8 Å². The molecule has 0 spiro atoms. The highest BCUT2D eigenvalue weighted by Crippen LogP contribution is 2.29. The van der Waals surface area contributed by atoms with Gasteiger partial charge >= 0.3 is 6.03 Å². The van der Waals surface area contributed by atoms with Gasteiger partial charge < -0.3 is 20.4 Å². The SMILES string of the molecule is O=C(CN1CCN(C2CC2)C1=O)NCc1cn[nH]c1C1CCNC1. The lowest BCUT2D eigenvalue weighted by atomic mass is 10.0. The Labute approximate surface area is 140 Å². The van der Waals surface area contributed by atoms with Gasteiger partial charge in [-0.05, 0) is 25.8 Å². The lowest BCUT2D eigenvalue weighted by Crippen LogP contribution is -2.40. The van der Waals surface area contributed by atoms with E-state index in [2.05, 4.69) is 20.8 Å². The summed E-state index contributed by atoms with van der Waals surface area (Å²) in [5, 5.41) is 13.4. The first-order valence-electron chi connectivity index (χ1n) is 8.77. The van der Waals surface area contributed by atoms with Crippen LogP contribution in [0.5, 0.6) is 0 Å². The maximum Gasteiger partial charge on any atom is 0.320 e. The van der Waals surface area contributed by atoms with Crippen LogP contribution in [0.3, 0.4) is 0 Å². The van der Waals surface area contributed by atoms with Crippen molar-refractivity contribution in [1.29, 1.82) is 0 Å². The standard InChI is InChI=1S/C16H24N6O2/c23-14(10-21-5-6-22(16(21)24)13-1-2-13)18-8-12-9-19-20-15(12)11-3-4-17-7-11/h9,11,13,17H,1-8,10H2,(H,18,23)(H,19,20). The number of hydrogen-bond donors (Lipinski definition) is 3. The molecule has 0 aromatic carbocycles. The molecule has 3 N–H and O–H groups in total. The zero-order valence-electron chi connectivity index (χ0n) is 13.8. The number of nitrogens with one attached hydrogen (secondary N) is 3. The predicted octanol–water partition coefficient (Wildman–Crippen LogP) is 0.00280. The second-order valence-electron chi connectivity index (χ2n) is 6.90. The van der Waals surface area contributed by atoms with Gasteiger partial charge in [-0.1, -0.05) is 0 Å². The van der Waals surface area contributed by atoms with Gasteiger partial charge in [0.1, 0.15) is 6.54 Å². The number of amides is 3. The minimum absolute atomic E-state index is 0.00804. The van der Waals surface area contributed by atoms with Crippen molar-refractivity contribution in [2.24, 2.45) is 0 Å². The van der Waals surface area contributed by atoms with E-state index in [1.165, 1.54) is 0 Å². The zero-order valence-corrected chi connectivity index (χ0v) is 13.8. The van der Waals surface area contributed by atoms with Crippen molar-refractivity contribution in [3.63, 3.8) is 0 Å². The van der Waals surface area contributed by atoms with Crippen LogP contribution in [0.4, 0.5) is 4.79 Å². The Morgan fingerprint density at radius 1 is 1.33 bits per heavy atom. The lowest BCUT2D eigenvalue weighted by Gasteiger charge is -2.18. The van der Waals surface area contributed by atoms with E-state index in [-0.39, 0.29) is 18.5 Å². The van der Waals surface area contributed by atoms with Crippen molar-refractivity contribution in [2.75, 3.05) is 32.7 Å². The van der Waals surface area contributed by atoms with Crippen LogP contribution >= 0.6 is 0 Å². The van der Waals surface area contributed by atoms with Gasteiger partial charge in [0.25, 0.3) is 0 Å². The number of urea groups is 1. The van der Waals surface area contributed by atoms with Gasteiger partial charge in [0.2, 0.25) is 5.91 Å². The number of hydrogen-bond acceptors (Lipinski definition) is 4. The largest absolute Gasteiger partial charge is 0.350 e. The number of nitrogens with zero attached hydrogens (tertiary/aromatic N) is 3. The molecule has 1 aliphatic carbocycles. The molecule has 1 unspecified atom stereocenters. The van der Waals surface area contributed by atoms with E-state index in [0.29, 0.717) is 25.0 Å². The van der Waals surface area contributed by atoms with Crippen molar-refractivity contribution >= 4 is 11.9 Å². The summed E-state index contributed by atoms with van der Waals surface area (Å²) in [7, 11) is 0. The summed E-state index contributed by atoms with van der Waals surface area (Å²) in [6.45, 7) is 3.95. The topological polar surface area (TPSA) is 93.4 Å². The number of rotatable bonds is 6. The van der Waals surface area contributed by atoms with Crippen LogP contribution in [0.15, 0.2) is 6.20 Å². The van der Waals surface area contributed by atoms with Crippen molar-refractivity contribution in [3.05, 3.63) is 17.5 Å². The molecule has 3 heterocycles. The summed E-state index contributed by atoms with van der Waals surface area (Å²) in [5.41, 5.74) is 2.14. The normalized spacial score (nSPS) is 24.0. The smallest absolute Gasteiger partial charge is 0.320 e. The Bertz CT molecular complexity index is 620. The molecule has 130 valence electrons. The molecule has 1 aromatic rings. The maximum atomic E-state index is 12.2. The van der Waals surface area contributed by atoms with Gasteiger partial charge in [-0.25, -0.2) is 4.79 Å². The molecule has 3 fully saturated rings. The van der Waals surface area contributed by atoms with Crippen molar-refractivity contribution < 1.29 is 9.59 Å². The van der Waals surface area contributed by atoms with E-state index in [0.717, 1.165) is 50.2 Å². The fourth-order valence-electron chi connectivity index (χ4n) is 3.61. The summed E-state index contributed by atoms with van der Waals surface area (Å²) >= 11 is 0. The number of H-pyrrole nitrogens is 1. The lowest BCUT2D eigenvalue weighted by molar-refractivity contribution is -0.121. The molecule has 2 aliphatic heterocycles. The fourth-order valence-corrected chi connectivity index (χ4v) is 3.61. The average Bonchev–Trinajstić information content (AvgIpc) is 2.99. The molecule has 1 saturated carbocycles. The molecular weight excluding hydrogens is 308 g/mol. The summed E-state index contributed by atoms with van der Waals surface area (Å²) in [4.78, 5) is 28.0. The maximum absolute atomic E-state index is 12.2. The van der Waals surface area contributed by atoms with Crippen LogP contribution in [0.1, 0.15) is 36.4 Å². The molecule has 0 bridgehead atoms. The highest BCUT2D eigenvalue weighted by Gasteiger charge is 2.39. The van der Waals surface area contributed by atoms with Crippen LogP contribution in [-0.2, 0) is 11.3 Å². The molecule has 8 heteroatoms. The molecular formula is C16H24N6O2. The molecule has 1 aromatic heterocycles. The van der Waals surface area contributed by atoms with E-state index in [1.807, 2.05) is 4.90 Å². The van der Waals surface area contributed by atoms with Gasteiger partial charge in [-0.3, -0.25) is 9.89 Å². The predicted molar refractivity (Wildman–Crippen MR) is 87.4 cm³/mol. The molecule has 1 atom stereocenters. The molecule has 3 amide bonds. The fraction of sp³-hybridized carbons (Fsp3) is 0.688. The average molecular weight is 332 g/mol. The third-order valence-corrected chi connectivity index (χ3v) is 5.15. The van der Waals surface area contributed by atoms with Crippen LogP contribution in [0.2, 0.25) is 0 Å². The minimum atomic E-state index is -0.113. The Kier molecular flexibility index (Phi) is 4.13. The van der Waals surface area contributed by atoms with Gasteiger partial charge in [0.05, 0.1) is 6.20 Å². The van der Waals surface area contributed by atoms with E-state index >= 15 is 0 Å². The number of carbonyl (C=O) groups excluding carboxylic acids is 2. The van der Waals surface area contributed by atoms with Crippen LogP contribution in [0, 0.1) is 0 Å². The zero-order chi connectivity index (χ0) is 16.5. The highest BCUT2D eigenvalue weighted by molar-refractivity contribution is 5.85. The molecule has 4 rings (SSSR count). The number of carbonyl (C=O) groups is 2. The van der Waals surface area contributed by atoms with Crippen molar-refractivity contribution in [3.8, 4) is 0 Å². The van der Waals surface area contributed by atoms with Crippen molar-refractivity contribution in [1.82, 2.24) is 30.6 Å². The van der Waals surface area contributed by atoms with Crippen LogP contribution in [-0.4, -0.2) is 70.7 Å². The van der Waals surface area contributed by atoms with E-state index < -0.39 is 0 Å². The van der Waals surface area contributed by atoms with E-state index in [4.69, 9.17) is 0 Å². The van der Waals surface area contributed by atoms with E-state index in [9.17, 15) is 9.59 Å². The first kappa shape index (κ1) is 15.4. The first-order chi connectivity index (χ1) is 11.7. The van der Waals surface area contributed by atoms with Crippen LogP contribution < -0.4 is 10.6 Å². The minimum Gasteiger partial charge on any atom is -0.350 e. The Balaban J connectivity index is 1.28. The Morgan fingerprint density at radius 2 is 2.21 bits per heavy atom. The number of aromatic nitrogens is 2. The number of aromatic amines is 1. The highest BCUT2D eigenvalue weighted by atomic mass is 16.2.